The van der Waals surface area contributed by atoms with Gasteiger partial charge in [-0.1, -0.05) is 0 Å². The second-order valence-corrected chi connectivity index (χ2v) is 3.54. The summed E-state index contributed by atoms with van der Waals surface area (Å²) in [5, 5.41) is 27.6. The molecular weight excluding hydrogens is 192 g/mol. The summed E-state index contributed by atoms with van der Waals surface area (Å²) in [5.74, 6) is -0.406. The lowest BCUT2D eigenvalue weighted by Gasteiger charge is -2.20. The Morgan fingerprint density at radius 1 is 1.57 bits per heavy atom. The van der Waals surface area contributed by atoms with E-state index >= 15 is 0 Å². The fourth-order valence-electron chi connectivity index (χ4n) is 1.86. The molecule has 2 saturated heterocycles. The Hall–Kier alpha value is -0.690. The van der Waals surface area contributed by atoms with Crippen molar-refractivity contribution < 1.29 is 29.6 Å². The first-order valence-corrected chi connectivity index (χ1v) is 4.45. The molecule has 3 N–H and O–H groups in total. The van der Waals surface area contributed by atoms with Gasteiger partial charge in [0.1, 0.15) is 24.4 Å². The molecule has 2 aliphatic rings. The van der Waals surface area contributed by atoms with E-state index in [1.165, 1.54) is 0 Å². The minimum atomic E-state index is -1.14. The van der Waals surface area contributed by atoms with Gasteiger partial charge in [0.2, 0.25) is 0 Å². The molecule has 0 aromatic heterocycles. The summed E-state index contributed by atoms with van der Waals surface area (Å²) >= 11 is 0. The normalized spacial score (nSPS) is 43.5. The highest BCUT2D eigenvalue weighted by Crippen LogP contribution is 2.32. The summed E-state index contributed by atoms with van der Waals surface area (Å²) in [5.41, 5.74) is 0. The SMILES string of the molecule is O=C1C[C@@H]2O[C@@H]([C@H](O)CO)[C@@H](O)[C@@H]2O1. The van der Waals surface area contributed by atoms with Crippen molar-refractivity contribution in [3.05, 3.63) is 0 Å². The van der Waals surface area contributed by atoms with Crippen LogP contribution in [0, 0.1) is 0 Å². The molecule has 2 aliphatic heterocycles. The molecule has 80 valence electrons. The standard InChI is InChI=1S/C8H12O6/c9-2-3(10)7-6(12)8-4(13-7)1-5(11)14-8/h3-4,6-10,12H,1-2H2/t3-,4+,6-,7+,8-/m1/s1. The lowest BCUT2D eigenvalue weighted by molar-refractivity contribution is -0.147. The van der Waals surface area contributed by atoms with Crippen LogP contribution in [-0.4, -0.2) is 58.4 Å². The van der Waals surface area contributed by atoms with Gasteiger partial charge < -0.3 is 24.8 Å². The van der Waals surface area contributed by atoms with Crippen molar-refractivity contribution in [3.63, 3.8) is 0 Å². The molecule has 0 spiro atoms. The predicted octanol–water partition coefficient (Wildman–Crippen LogP) is -2.22. The first kappa shape index (κ1) is 9.85. The van der Waals surface area contributed by atoms with Gasteiger partial charge in [-0.15, -0.1) is 0 Å². The molecule has 0 aromatic carbocycles. The fraction of sp³-hybridized carbons (Fsp3) is 0.875. The molecule has 0 aliphatic carbocycles. The maximum absolute atomic E-state index is 10.8. The minimum Gasteiger partial charge on any atom is -0.457 e. The van der Waals surface area contributed by atoms with Crippen LogP contribution in [0.15, 0.2) is 0 Å². The number of hydrogen-bond donors (Lipinski definition) is 3. The van der Waals surface area contributed by atoms with E-state index in [1.54, 1.807) is 0 Å². The van der Waals surface area contributed by atoms with E-state index in [4.69, 9.17) is 14.6 Å². The zero-order valence-electron chi connectivity index (χ0n) is 7.37. The number of carbonyl (C=O) groups excluding carboxylic acids is 1. The highest BCUT2D eigenvalue weighted by Gasteiger charge is 2.52. The second-order valence-electron chi connectivity index (χ2n) is 3.54. The van der Waals surface area contributed by atoms with Gasteiger partial charge >= 0.3 is 5.97 Å². The molecule has 0 radical (unpaired) electrons. The molecular formula is C8H12O6. The van der Waals surface area contributed by atoms with Crippen LogP contribution in [0.3, 0.4) is 0 Å². The Balaban J connectivity index is 2.05. The van der Waals surface area contributed by atoms with Gasteiger partial charge in [-0.3, -0.25) is 4.79 Å². The topological polar surface area (TPSA) is 96.2 Å². The first-order valence-electron chi connectivity index (χ1n) is 4.45. The van der Waals surface area contributed by atoms with E-state index in [9.17, 15) is 15.0 Å². The summed E-state index contributed by atoms with van der Waals surface area (Å²) in [6.07, 6.45) is -4.18. The molecule has 2 heterocycles. The maximum Gasteiger partial charge on any atom is 0.309 e. The van der Waals surface area contributed by atoms with Crippen molar-refractivity contribution in [2.45, 2.75) is 36.9 Å². The van der Waals surface area contributed by atoms with Gasteiger partial charge in [-0.2, -0.15) is 0 Å². The minimum absolute atomic E-state index is 0.0936. The Morgan fingerprint density at radius 2 is 2.29 bits per heavy atom. The molecule has 6 heteroatoms. The lowest BCUT2D eigenvalue weighted by Crippen LogP contribution is -2.41. The van der Waals surface area contributed by atoms with Crippen molar-refractivity contribution in [1.29, 1.82) is 0 Å². The Labute approximate surface area is 80.1 Å². The zero-order chi connectivity index (χ0) is 10.3. The number of rotatable bonds is 2. The van der Waals surface area contributed by atoms with Crippen LogP contribution in [-0.2, 0) is 14.3 Å². The third-order valence-electron chi connectivity index (χ3n) is 2.57. The monoisotopic (exact) mass is 204 g/mol. The van der Waals surface area contributed by atoms with Gasteiger partial charge in [0.25, 0.3) is 0 Å². The van der Waals surface area contributed by atoms with E-state index in [-0.39, 0.29) is 6.42 Å². The summed E-state index contributed by atoms with van der Waals surface area (Å²) in [6.45, 7) is -0.491. The number of aliphatic hydroxyl groups is 3. The molecule has 2 rings (SSSR count). The summed E-state index contributed by atoms with van der Waals surface area (Å²) < 4.78 is 10.0. The maximum atomic E-state index is 10.8. The summed E-state index contributed by atoms with van der Waals surface area (Å²) in [4.78, 5) is 10.8. The van der Waals surface area contributed by atoms with Crippen molar-refractivity contribution in [2.24, 2.45) is 0 Å². The van der Waals surface area contributed by atoms with Gasteiger partial charge in [0.15, 0.2) is 6.10 Å². The average Bonchev–Trinajstić information content (AvgIpc) is 2.64. The molecule has 2 fully saturated rings. The van der Waals surface area contributed by atoms with E-state index in [1.807, 2.05) is 0 Å². The summed E-state index contributed by atoms with van der Waals surface area (Å²) in [7, 11) is 0. The Morgan fingerprint density at radius 3 is 2.86 bits per heavy atom. The largest absolute Gasteiger partial charge is 0.457 e. The number of fused-ring (bicyclic) bond motifs is 1. The van der Waals surface area contributed by atoms with Gasteiger partial charge in [0.05, 0.1) is 13.0 Å². The fourth-order valence-corrected chi connectivity index (χ4v) is 1.86. The van der Waals surface area contributed by atoms with E-state index < -0.39 is 43.1 Å². The van der Waals surface area contributed by atoms with Crippen LogP contribution < -0.4 is 0 Å². The predicted molar refractivity (Wildman–Crippen MR) is 42.3 cm³/mol. The number of esters is 1. The lowest BCUT2D eigenvalue weighted by atomic mass is 10.0. The van der Waals surface area contributed by atoms with Crippen molar-refractivity contribution in [2.75, 3.05) is 6.61 Å². The first-order chi connectivity index (χ1) is 6.63. The number of carbonyl (C=O) groups is 1. The van der Waals surface area contributed by atoms with Crippen LogP contribution >= 0.6 is 0 Å². The smallest absolute Gasteiger partial charge is 0.309 e. The average molecular weight is 204 g/mol. The number of aliphatic hydroxyl groups excluding tert-OH is 3. The van der Waals surface area contributed by atoms with E-state index in [0.29, 0.717) is 0 Å². The van der Waals surface area contributed by atoms with Crippen LogP contribution in [0.1, 0.15) is 6.42 Å². The summed E-state index contributed by atoms with van der Waals surface area (Å²) in [6, 6.07) is 0. The zero-order valence-corrected chi connectivity index (χ0v) is 7.37. The van der Waals surface area contributed by atoms with Crippen molar-refractivity contribution in [1.82, 2.24) is 0 Å². The molecule has 0 unspecified atom stereocenters. The Kier molecular flexibility index (Phi) is 2.44. The molecule has 0 amide bonds. The Bertz CT molecular complexity index is 242. The van der Waals surface area contributed by atoms with Crippen molar-refractivity contribution in [3.8, 4) is 0 Å². The van der Waals surface area contributed by atoms with Gasteiger partial charge in [0, 0.05) is 0 Å². The van der Waals surface area contributed by atoms with Crippen LogP contribution in [0.2, 0.25) is 0 Å². The third-order valence-corrected chi connectivity index (χ3v) is 2.57. The second kappa shape index (κ2) is 3.47. The third kappa shape index (κ3) is 1.40. The van der Waals surface area contributed by atoms with Crippen LogP contribution in [0.5, 0.6) is 0 Å². The van der Waals surface area contributed by atoms with Gasteiger partial charge in [-0.25, -0.2) is 0 Å². The van der Waals surface area contributed by atoms with E-state index in [0.717, 1.165) is 0 Å². The van der Waals surface area contributed by atoms with Gasteiger partial charge in [-0.05, 0) is 0 Å². The molecule has 5 atom stereocenters. The molecule has 6 nitrogen and oxygen atoms in total. The number of hydrogen-bond acceptors (Lipinski definition) is 6. The molecule has 14 heavy (non-hydrogen) atoms. The highest BCUT2D eigenvalue weighted by molar-refractivity contribution is 5.73. The van der Waals surface area contributed by atoms with Crippen molar-refractivity contribution >= 4 is 5.97 Å². The van der Waals surface area contributed by atoms with E-state index in [2.05, 4.69) is 0 Å². The van der Waals surface area contributed by atoms with Crippen LogP contribution in [0.25, 0.3) is 0 Å². The number of ether oxygens (including phenoxy) is 2. The van der Waals surface area contributed by atoms with Crippen LogP contribution in [0.4, 0.5) is 0 Å². The molecule has 0 saturated carbocycles. The highest BCUT2D eigenvalue weighted by atomic mass is 16.6. The molecule has 0 aromatic rings. The molecule has 0 bridgehead atoms. The quantitative estimate of drug-likeness (QED) is 0.441.